The molecule has 1 N–H and O–H groups in total. The van der Waals surface area contributed by atoms with E-state index in [2.05, 4.69) is 4.98 Å². The summed E-state index contributed by atoms with van der Waals surface area (Å²) in [6.07, 6.45) is 9.23. The van der Waals surface area contributed by atoms with Gasteiger partial charge < -0.3 is 19.3 Å². The van der Waals surface area contributed by atoms with Crippen molar-refractivity contribution in [1.29, 1.82) is 0 Å². The minimum atomic E-state index is -0.799. The standard InChI is InChI=1S/C25H29NO5/c1-18(2)14-23(31-20(4)17-30-24-6-5-12-26-16-24)11-13-29-22-9-7-21(19(3)15-22)8-10-25(27)28/h5-7,9,11-12,14-17H,8,10,13H2,1-4H3,(H,27,28)/b20-17-,23-11+. The lowest BCUT2D eigenvalue weighted by molar-refractivity contribution is -0.136. The summed E-state index contributed by atoms with van der Waals surface area (Å²) in [5, 5.41) is 8.84. The monoisotopic (exact) mass is 423 g/mol. The third kappa shape index (κ3) is 9.21. The predicted molar refractivity (Wildman–Crippen MR) is 120 cm³/mol. The summed E-state index contributed by atoms with van der Waals surface area (Å²) < 4.78 is 17.3. The molecule has 6 heteroatoms. The second-order valence-corrected chi connectivity index (χ2v) is 7.26. The van der Waals surface area contributed by atoms with Crippen molar-refractivity contribution < 1.29 is 24.1 Å². The van der Waals surface area contributed by atoms with Gasteiger partial charge in [0.15, 0.2) is 0 Å². The molecule has 1 heterocycles. The molecule has 0 aliphatic carbocycles. The van der Waals surface area contributed by atoms with Gasteiger partial charge in [0.2, 0.25) is 0 Å². The Morgan fingerprint density at radius 2 is 1.97 bits per heavy atom. The van der Waals surface area contributed by atoms with E-state index in [1.165, 1.54) is 6.26 Å². The number of rotatable bonds is 11. The van der Waals surface area contributed by atoms with Gasteiger partial charge in [-0.05, 0) is 81.7 Å². The molecule has 0 atom stereocenters. The van der Waals surface area contributed by atoms with E-state index in [1.54, 1.807) is 18.5 Å². The first-order valence-corrected chi connectivity index (χ1v) is 10.0. The van der Waals surface area contributed by atoms with Crippen LogP contribution in [0.25, 0.3) is 0 Å². The van der Waals surface area contributed by atoms with Gasteiger partial charge in [0, 0.05) is 12.6 Å². The Morgan fingerprint density at radius 1 is 1.16 bits per heavy atom. The number of pyridine rings is 1. The molecule has 0 amide bonds. The van der Waals surface area contributed by atoms with Crippen molar-refractivity contribution in [2.75, 3.05) is 6.61 Å². The molecule has 2 aromatic rings. The molecular formula is C25H29NO5. The molecule has 0 aliphatic rings. The summed E-state index contributed by atoms with van der Waals surface area (Å²) in [4.78, 5) is 14.8. The number of benzene rings is 1. The topological polar surface area (TPSA) is 77.9 Å². The van der Waals surface area contributed by atoms with Gasteiger partial charge in [-0.15, -0.1) is 0 Å². The van der Waals surface area contributed by atoms with Crippen molar-refractivity contribution in [3.63, 3.8) is 0 Å². The van der Waals surface area contributed by atoms with Crippen LogP contribution in [0.15, 0.2) is 78.2 Å². The Morgan fingerprint density at radius 3 is 2.61 bits per heavy atom. The molecule has 6 nitrogen and oxygen atoms in total. The number of hydrogen-bond acceptors (Lipinski definition) is 5. The molecule has 0 unspecified atom stereocenters. The second-order valence-electron chi connectivity index (χ2n) is 7.26. The van der Waals surface area contributed by atoms with E-state index in [0.717, 1.165) is 22.4 Å². The van der Waals surface area contributed by atoms with Gasteiger partial charge in [-0.1, -0.05) is 11.6 Å². The number of aliphatic carboxylic acids is 1. The Hall–Kier alpha value is -3.54. The number of ether oxygens (including phenoxy) is 3. The van der Waals surface area contributed by atoms with Crippen LogP contribution in [0.5, 0.6) is 11.5 Å². The average molecular weight is 424 g/mol. The van der Waals surface area contributed by atoms with Gasteiger partial charge in [-0.2, -0.15) is 0 Å². The molecule has 0 saturated carbocycles. The van der Waals surface area contributed by atoms with Crippen LogP contribution in [0.3, 0.4) is 0 Å². The number of hydrogen-bond donors (Lipinski definition) is 1. The summed E-state index contributed by atoms with van der Waals surface area (Å²) in [5.74, 6) is 1.79. The van der Waals surface area contributed by atoms with Gasteiger partial charge in [-0.3, -0.25) is 9.78 Å². The summed E-state index contributed by atoms with van der Waals surface area (Å²) >= 11 is 0. The maximum Gasteiger partial charge on any atom is 0.303 e. The smallest absolute Gasteiger partial charge is 0.303 e. The fourth-order valence-electron chi connectivity index (χ4n) is 2.69. The largest absolute Gasteiger partial charge is 0.489 e. The highest BCUT2D eigenvalue weighted by Gasteiger charge is 2.05. The molecule has 0 saturated heterocycles. The van der Waals surface area contributed by atoms with Crippen LogP contribution >= 0.6 is 0 Å². The highest BCUT2D eigenvalue weighted by molar-refractivity contribution is 5.67. The molecule has 1 aromatic heterocycles. The molecule has 0 spiro atoms. The Balaban J connectivity index is 1.98. The van der Waals surface area contributed by atoms with E-state index in [0.29, 0.717) is 30.3 Å². The minimum absolute atomic E-state index is 0.116. The quantitative estimate of drug-likeness (QED) is 0.375. The fourth-order valence-corrected chi connectivity index (χ4v) is 2.69. The van der Waals surface area contributed by atoms with Crippen LogP contribution in [-0.4, -0.2) is 22.7 Å². The van der Waals surface area contributed by atoms with Crippen LogP contribution in [0.2, 0.25) is 0 Å². The molecule has 2 rings (SSSR count). The van der Waals surface area contributed by atoms with Crippen molar-refractivity contribution in [3.05, 3.63) is 89.4 Å². The van der Waals surface area contributed by atoms with Crippen molar-refractivity contribution in [2.24, 2.45) is 0 Å². The lowest BCUT2D eigenvalue weighted by Gasteiger charge is -2.11. The number of allylic oxidation sites excluding steroid dienone is 3. The van der Waals surface area contributed by atoms with Crippen LogP contribution in [0, 0.1) is 6.92 Å². The van der Waals surface area contributed by atoms with E-state index in [4.69, 9.17) is 19.3 Å². The van der Waals surface area contributed by atoms with E-state index >= 15 is 0 Å². The number of aryl methyl sites for hydroxylation is 2. The Bertz CT molecular complexity index is 957. The van der Waals surface area contributed by atoms with Crippen LogP contribution < -0.4 is 9.47 Å². The van der Waals surface area contributed by atoms with Crippen LogP contribution in [0.4, 0.5) is 0 Å². The van der Waals surface area contributed by atoms with Crippen molar-refractivity contribution in [3.8, 4) is 11.5 Å². The Kier molecular flexibility index (Phi) is 9.36. The maximum atomic E-state index is 10.8. The third-order valence-corrected chi connectivity index (χ3v) is 4.16. The lowest BCUT2D eigenvalue weighted by atomic mass is 10.0. The van der Waals surface area contributed by atoms with E-state index < -0.39 is 5.97 Å². The van der Waals surface area contributed by atoms with Gasteiger partial charge in [0.1, 0.15) is 35.9 Å². The molecular weight excluding hydrogens is 394 g/mol. The van der Waals surface area contributed by atoms with Gasteiger partial charge in [0.25, 0.3) is 0 Å². The zero-order valence-electron chi connectivity index (χ0n) is 18.4. The highest BCUT2D eigenvalue weighted by atomic mass is 16.5. The molecule has 0 bridgehead atoms. The molecule has 1 aromatic carbocycles. The third-order valence-electron chi connectivity index (χ3n) is 4.16. The molecule has 31 heavy (non-hydrogen) atoms. The minimum Gasteiger partial charge on any atom is -0.489 e. The average Bonchev–Trinajstić information content (AvgIpc) is 2.72. The molecule has 0 radical (unpaired) electrons. The van der Waals surface area contributed by atoms with E-state index in [-0.39, 0.29) is 6.42 Å². The number of nitrogens with zero attached hydrogens (tertiary/aromatic N) is 1. The van der Waals surface area contributed by atoms with Crippen molar-refractivity contribution >= 4 is 5.97 Å². The molecule has 0 aliphatic heterocycles. The molecule has 164 valence electrons. The van der Waals surface area contributed by atoms with Gasteiger partial charge >= 0.3 is 5.97 Å². The van der Waals surface area contributed by atoms with E-state index in [1.807, 2.05) is 64.1 Å². The van der Waals surface area contributed by atoms with Crippen LogP contribution in [-0.2, 0) is 16.0 Å². The van der Waals surface area contributed by atoms with Gasteiger partial charge in [0.05, 0.1) is 6.20 Å². The maximum absolute atomic E-state index is 10.8. The predicted octanol–water partition coefficient (Wildman–Crippen LogP) is 5.59. The Labute approximate surface area is 183 Å². The fraction of sp³-hybridized carbons (Fsp3) is 0.280. The summed E-state index contributed by atoms with van der Waals surface area (Å²) in [7, 11) is 0. The first kappa shape index (κ1) is 23.7. The summed E-state index contributed by atoms with van der Waals surface area (Å²) in [6.45, 7) is 8.06. The normalized spacial score (nSPS) is 11.6. The number of carbonyl (C=O) groups is 1. The summed E-state index contributed by atoms with van der Waals surface area (Å²) in [5.41, 5.74) is 3.11. The first-order chi connectivity index (χ1) is 14.8. The lowest BCUT2D eigenvalue weighted by Crippen LogP contribution is -2.01. The van der Waals surface area contributed by atoms with Gasteiger partial charge in [-0.25, -0.2) is 0 Å². The molecule has 0 fully saturated rings. The zero-order valence-corrected chi connectivity index (χ0v) is 18.4. The second kappa shape index (κ2) is 12.2. The number of carboxylic acids is 1. The first-order valence-electron chi connectivity index (χ1n) is 10.0. The van der Waals surface area contributed by atoms with Crippen molar-refractivity contribution in [1.82, 2.24) is 4.98 Å². The SMILES string of the molecule is CC(C)=C/C(=C\COc1ccc(CCC(=O)O)c(C)c1)O/C(C)=C\Oc1cccnc1. The van der Waals surface area contributed by atoms with Crippen LogP contribution in [0.1, 0.15) is 38.3 Å². The van der Waals surface area contributed by atoms with E-state index in [9.17, 15) is 4.79 Å². The summed E-state index contributed by atoms with van der Waals surface area (Å²) in [6, 6.07) is 9.29. The number of carboxylic acid groups (broad SMARTS) is 1. The number of aromatic nitrogens is 1. The highest BCUT2D eigenvalue weighted by Crippen LogP contribution is 2.19. The zero-order chi connectivity index (χ0) is 22.6. The van der Waals surface area contributed by atoms with Crippen molar-refractivity contribution in [2.45, 2.75) is 40.5 Å².